The predicted molar refractivity (Wildman–Crippen MR) is 95.8 cm³/mol. The highest BCUT2D eigenvalue weighted by atomic mass is 32.1. The molecule has 2 N–H and O–H groups in total. The predicted octanol–water partition coefficient (Wildman–Crippen LogP) is 3.22. The summed E-state index contributed by atoms with van der Waals surface area (Å²) in [6.07, 6.45) is 4.43. The van der Waals surface area contributed by atoms with E-state index in [-0.39, 0.29) is 12.1 Å². The summed E-state index contributed by atoms with van der Waals surface area (Å²) in [6.45, 7) is 0.867. The van der Waals surface area contributed by atoms with E-state index in [2.05, 4.69) is 10.7 Å². The molecule has 0 saturated heterocycles. The van der Waals surface area contributed by atoms with Gasteiger partial charge in [-0.3, -0.25) is 0 Å². The monoisotopic (exact) mass is 348 g/mol. The van der Waals surface area contributed by atoms with E-state index in [1.54, 1.807) is 25.6 Å². The van der Waals surface area contributed by atoms with Crippen molar-refractivity contribution in [3.63, 3.8) is 0 Å². The normalized spacial score (nSPS) is 16.3. The first-order chi connectivity index (χ1) is 11.7. The van der Waals surface area contributed by atoms with E-state index in [4.69, 9.17) is 14.5 Å². The van der Waals surface area contributed by atoms with Gasteiger partial charge in [-0.1, -0.05) is 12.8 Å². The molecule has 1 saturated carbocycles. The zero-order chi connectivity index (χ0) is 17.0. The Hall–Kier alpha value is -1.63. The summed E-state index contributed by atoms with van der Waals surface area (Å²) in [4.78, 5) is 4.72. The number of aliphatic hydroxyl groups excluding tert-OH is 1. The molecule has 0 atom stereocenters. The van der Waals surface area contributed by atoms with Crippen LogP contribution < -0.4 is 14.8 Å². The van der Waals surface area contributed by atoms with Crippen LogP contribution in [0.2, 0.25) is 0 Å². The Morgan fingerprint density at radius 1 is 1.25 bits per heavy atom. The Labute approximate surface area is 146 Å². The van der Waals surface area contributed by atoms with Crippen LogP contribution in [0.4, 0.5) is 0 Å². The third-order valence-electron chi connectivity index (χ3n) is 4.70. The zero-order valence-electron chi connectivity index (χ0n) is 14.2. The van der Waals surface area contributed by atoms with Gasteiger partial charge < -0.3 is 19.9 Å². The van der Waals surface area contributed by atoms with Crippen LogP contribution in [0.3, 0.4) is 0 Å². The van der Waals surface area contributed by atoms with Crippen molar-refractivity contribution in [3.8, 4) is 22.1 Å². The Kier molecular flexibility index (Phi) is 5.38. The van der Waals surface area contributed by atoms with Crippen molar-refractivity contribution in [2.45, 2.75) is 37.8 Å². The number of aliphatic hydroxyl groups is 1. The van der Waals surface area contributed by atoms with Crippen LogP contribution in [0.25, 0.3) is 10.6 Å². The van der Waals surface area contributed by atoms with Gasteiger partial charge in [0.05, 0.1) is 32.1 Å². The van der Waals surface area contributed by atoms with E-state index in [9.17, 15) is 5.11 Å². The van der Waals surface area contributed by atoms with E-state index < -0.39 is 0 Å². The van der Waals surface area contributed by atoms with Crippen LogP contribution >= 0.6 is 11.3 Å². The summed E-state index contributed by atoms with van der Waals surface area (Å²) in [5, 5.41) is 16.2. The molecular weight excluding hydrogens is 324 g/mol. The van der Waals surface area contributed by atoms with Crippen molar-refractivity contribution in [3.05, 3.63) is 29.3 Å². The minimum atomic E-state index is -0.123. The average molecular weight is 348 g/mol. The molecule has 1 aromatic heterocycles. The summed E-state index contributed by atoms with van der Waals surface area (Å²) >= 11 is 1.60. The molecule has 1 aliphatic carbocycles. The van der Waals surface area contributed by atoms with Gasteiger partial charge in [-0.25, -0.2) is 4.98 Å². The van der Waals surface area contributed by atoms with Crippen molar-refractivity contribution in [1.82, 2.24) is 10.3 Å². The Bertz CT molecular complexity index is 681. The van der Waals surface area contributed by atoms with Crippen molar-refractivity contribution in [2.75, 3.05) is 20.8 Å². The SMILES string of the molecule is COc1ccc(-c2nc(CNC3(CO)CCCC3)cs2)c(OC)c1. The Balaban J connectivity index is 1.74. The topological polar surface area (TPSA) is 63.6 Å². The molecule has 0 unspecified atom stereocenters. The number of benzene rings is 1. The highest BCUT2D eigenvalue weighted by molar-refractivity contribution is 7.13. The summed E-state index contributed by atoms with van der Waals surface area (Å²) in [6, 6.07) is 5.75. The quantitative estimate of drug-likeness (QED) is 0.804. The number of aromatic nitrogens is 1. The number of nitrogens with zero attached hydrogens (tertiary/aromatic N) is 1. The maximum Gasteiger partial charge on any atom is 0.132 e. The molecule has 3 rings (SSSR count). The van der Waals surface area contributed by atoms with Crippen LogP contribution in [0.15, 0.2) is 23.6 Å². The van der Waals surface area contributed by atoms with Gasteiger partial charge in [-0.2, -0.15) is 0 Å². The largest absolute Gasteiger partial charge is 0.497 e. The number of nitrogens with one attached hydrogen (secondary N) is 1. The van der Waals surface area contributed by atoms with Crippen LogP contribution in [0.1, 0.15) is 31.4 Å². The first-order valence-corrected chi connectivity index (χ1v) is 9.10. The van der Waals surface area contributed by atoms with Crippen LogP contribution in [0.5, 0.6) is 11.5 Å². The van der Waals surface area contributed by atoms with Crippen molar-refractivity contribution >= 4 is 11.3 Å². The van der Waals surface area contributed by atoms with Crippen LogP contribution in [-0.4, -0.2) is 36.5 Å². The molecule has 6 heteroatoms. The number of ether oxygens (including phenoxy) is 2. The highest BCUT2D eigenvalue weighted by Crippen LogP contribution is 2.35. The van der Waals surface area contributed by atoms with Crippen LogP contribution in [0, 0.1) is 0 Å². The number of rotatable bonds is 7. The number of thiazole rings is 1. The Morgan fingerprint density at radius 2 is 2.04 bits per heavy atom. The van der Waals surface area contributed by atoms with Crippen LogP contribution in [-0.2, 0) is 6.54 Å². The maximum absolute atomic E-state index is 9.69. The van der Waals surface area contributed by atoms with E-state index in [1.165, 1.54) is 12.8 Å². The van der Waals surface area contributed by atoms with Crippen molar-refractivity contribution in [1.29, 1.82) is 0 Å². The average Bonchev–Trinajstić information content (AvgIpc) is 3.29. The smallest absolute Gasteiger partial charge is 0.132 e. The van der Waals surface area contributed by atoms with E-state index in [1.807, 2.05) is 18.2 Å². The molecule has 0 radical (unpaired) electrons. The molecular formula is C18H24N2O3S. The van der Waals surface area contributed by atoms with Crippen molar-refractivity contribution < 1.29 is 14.6 Å². The molecule has 130 valence electrons. The molecule has 0 amide bonds. The molecule has 0 bridgehead atoms. The fraction of sp³-hybridized carbons (Fsp3) is 0.500. The lowest BCUT2D eigenvalue weighted by molar-refractivity contribution is 0.162. The minimum absolute atomic E-state index is 0.123. The standard InChI is InChI=1S/C18H24N2O3S/c1-22-14-5-6-15(16(9-14)23-2)17-20-13(11-24-17)10-19-18(12-21)7-3-4-8-18/h5-6,9,11,19,21H,3-4,7-8,10,12H2,1-2H3. The fourth-order valence-corrected chi connectivity index (χ4v) is 4.06. The third kappa shape index (κ3) is 3.55. The minimum Gasteiger partial charge on any atom is -0.497 e. The maximum atomic E-state index is 9.69. The van der Waals surface area contributed by atoms with Gasteiger partial charge in [0.25, 0.3) is 0 Å². The molecule has 5 nitrogen and oxygen atoms in total. The van der Waals surface area contributed by atoms with E-state index >= 15 is 0 Å². The second-order valence-electron chi connectivity index (χ2n) is 6.21. The highest BCUT2D eigenvalue weighted by Gasteiger charge is 2.32. The molecule has 0 spiro atoms. The summed E-state index contributed by atoms with van der Waals surface area (Å²) in [5.41, 5.74) is 1.83. The molecule has 24 heavy (non-hydrogen) atoms. The second kappa shape index (κ2) is 7.51. The van der Waals surface area contributed by atoms with Gasteiger partial charge in [-0.05, 0) is 25.0 Å². The first-order valence-electron chi connectivity index (χ1n) is 8.22. The number of hydrogen-bond acceptors (Lipinski definition) is 6. The lowest BCUT2D eigenvalue weighted by Crippen LogP contribution is -2.45. The van der Waals surface area contributed by atoms with Crippen molar-refractivity contribution in [2.24, 2.45) is 0 Å². The Morgan fingerprint density at radius 3 is 2.71 bits per heavy atom. The van der Waals surface area contributed by atoms with Gasteiger partial charge >= 0.3 is 0 Å². The first kappa shape index (κ1) is 17.2. The fourth-order valence-electron chi connectivity index (χ4n) is 3.21. The zero-order valence-corrected chi connectivity index (χ0v) is 15.0. The third-order valence-corrected chi connectivity index (χ3v) is 5.62. The summed E-state index contributed by atoms with van der Waals surface area (Å²) < 4.78 is 10.7. The van der Waals surface area contributed by atoms with Gasteiger partial charge in [0.2, 0.25) is 0 Å². The molecule has 0 aliphatic heterocycles. The van der Waals surface area contributed by atoms with Gasteiger partial charge in [0, 0.05) is 23.5 Å². The second-order valence-corrected chi connectivity index (χ2v) is 7.07. The van der Waals surface area contributed by atoms with E-state index in [0.29, 0.717) is 6.54 Å². The number of hydrogen-bond donors (Lipinski definition) is 2. The molecule has 1 fully saturated rings. The molecule has 1 aromatic carbocycles. The van der Waals surface area contributed by atoms with Gasteiger partial charge in [0.1, 0.15) is 16.5 Å². The van der Waals surface area contributed by atoms with Gasteiger partial charge in [0.15, 0.2) is 0 Å². The molecule has 2 aromatic rings. The summed E-state index contributed by atoms with van der Waals surface area (Å²) in [5.74, 6) is 1.52. The molecule has 1 heterocycles. The summed E-state index contributed by atoms with van der Waals surface area (Å²) in [7, 11) is 3.29. The number of methoxy groups -OCH3 is 2. The van der Waals surface area contributed by atoms with Gasteiger partial charge in [-0.15, -0.1) is 11.3 Å². The van der Waals surface area contributed by atoms with E-state index in [0.717, 1.165) is 40.6 Å². The lowest BCUT2D eigenvalue weighted by Gasteiger charge is -2.27. The molecule has 1 aliphatic rings. The lowest BCUT2D eigenvalue weighted by atomic mass is 9.99.